The van der Waals surface area contributed by atoms with Gasteiger partial charge in [0.05, 0.1) is 11.2 Å². The van der Waals surface area contributed by atoms with E-state index >= 15 is 0 Å². The van der Waals surface area contributed by atoms with Crippen molar-refractivity contribution in [1.29, 1.82) is 0 Å². The number of fused-ring (bicyclic) bond motifs is 1. The summed E-state index contributed by atoms with van der Waals surface area (Å²) < 4.78 is 30.1. The van der Waals surface area contributed by atoms with Crippen LogP contribution in [0.4, 0.5) is 8.78 Å². The highest BCUT2D eigenvalue weighted by Gasteiger charge is 2.17. The molecule has 0 aliphatic carbocycles. The first-order chi connectivity index (χ1) is 12.3. The molecule has 0 amide bonds. The lowest BCUT2D eigenvalue weighted by Gasteiger charge is -2.08. The standard InChI is InChI=1S/C18H17F2N3O3/c1-22-15-9-11(19)8-13(20)16(15)23(18(22)26)12-5-2-10(3-6-12)4-7-14(21)17(24)25/h2-3,5-6,8-9,14H,4,7,21H2,1H3,(H,24,25)/t14-/m0/s1. The van der Waals surface area contributed by atoms with Crippen molar-refractivity contribution in [2.75, 3.05) is 0 Å². The molecular weight excluding hydrogens is 344 g/mol. The Morgan fingerprint density at radius 1 is 1.23 bits per heavy atom. The molecule has 0 saturated heterocycles. The molecule has 136 valence electrons. The maximum atomic E-state index is 14.3. The van der Waals surface area contributed by atoms with Gasteiger partial charge in [-0.25, -0.2) is 13.6 Å². The number of aliphatic carboxylic acids is 1. The lowest BCUT2D eigenvalue weighted by atomic mass is 10.1. The minimum atomic E-state index is -1.06. The van der Waals surface area contributed by atoms with Gasteiger partial charge in [0, 0.05) is 19.2 Å². The number of benzene rings is 2. The van der Waals surface area contributed by atoms with Crippen molar-refractivity contribution >= 4 is 17.0 Å². The third-order valence-electron chi connectivity index (χ3n) is 4.33. The number of halogens is 2. The van der Waals surface area contributed by atoms with Crippen molar-refractivity contribution in [2.24, 2.45) is 12.8 Å². The Labute approximate surface area is 147 Å². The topological polar surface area (TPSA) is 90.3 Å². The summed E-state index contributed by atoms with van der Waals surface area (Å²) in [6.07, 6.45) is 0.731. The molecule has 3 N–H and O–H groups in total. The number of nitrogens with zero attached hydrogens (tertiary/aromatic N) is 2. The summed E-state index contributed by atoms with van der Waals surface area (Å²) in [7, 11) is 1.45. The van der Waals surface area contributed by atoms with Crippen LogP contribution < -0.4 is 11.4 Å². The van der Waals surface area contributed by atoms with E-state index in [1.807, 2.05) is 0 Å². The number of hydrogen-bond donors (Lipinski definition) is 2. The predicted molar refractivity (Wildman–Crippen MR) is 92.4 cm³/mol. The van der Waals surface area contributed by atoms with E-state index in [1.165, 1.54) is 16.2 Å². The van der Waals surface area contributed by atoms with E-state index in [9.17, 15) is 18.4 Å². The van der Waals surface area contributed by atoms with Gasteiger partial charge in [-0.05, 0) is 30.5 Å². The molecule has 0 aliphatic rings. The van der Waals surface area contributed by atoms with Crippen LogP contribution in [0.3, 0.4) is 0 Å². The van der Waals surface area contributed by atoms with Gasteiger partial charge in [0.2, 0.25) is 0 Å². The number of carbonyl (C=O) groups is 1. The molecule has 2 aromatic carbocycles. The molecular formula is C18H17F2N3O3. The molecule has 0 radical (unpaired) electrons. The van der Waals surface area contributed by atoms with Gasteiger partial charge < -0.3 is 10.8 Å². The molecule has 1 aromatic heterocycles. The number of aryl methyl sites for hydroxylation is 2. The molecule has 3 aromatic rings. The van der Waals surface area contributed by atoms with Crippen LogP contribution >= 0.6 is 0 Å². The number of rotatable bonds is 5. The minimum Gasteiger partial charge on any atom is -0.480 e. The molecule has 3 rings (SSSR count). The fraction of sp³-hybridized carbons (Fsp3) is 0.222. The minimum absolute atomic E-state index is 0.000417. The Morgan fingerprint density at radius 3 is 2.50 bits per heavy atom. The van der Waals surface area contributed by atoms with Crippen molar-refractivity contribution < 1.29 is 18.7 Å². The molecule has 0 aliphatic heterocycles. The van der Waals surface area contributed by atoms with Gasteiger partial charge in [-0.1, -0.05) is 12.1 Å². The lowest BCUT2D eigenvalue weighted by Crippen LogP contribution is -2.30. The highest BCUT2D eigenvalue weighted by atomic mass is 19.1. The number of nitrogens with two attached hydrogens (primary N) is 1. The van der Waals surface area contributed by atoms with Crippen LogP contribution in [0.15, 0.2) is 41.2 Å². The highest BCUT2D eigenvalue weighted by molar-refractivity contribution is 5.79. The Morgan fingerprint density at radius 2 is 1.88 bits per heavy atom. The van der Waals surface area contributed by atoms with Crippen LogP contribution in [-0.2, 0) is 18.3 Å². The summed E-state index contributed by atoms with van der Waals surface area (Å²) in [6, 6.07) is 7.60. The van der Waals surface area contributed by atoms with Crippen molar-refractivity contribution in [2.45, 2.75) is 18.9 Å². The van der Waals surface area contributed by atoms with Gasteiger partial charge in [0.1, 0.15) is 17.4 Å². The first kappa shape index (κ1) is 17.8. The molecule has 6 nitrogen and oxygen atoms in total. The zero-order valence-electron chi connectivity index (χ0n) is 13.9. The third-order valence-corrected chi connectivity index (χ3v) is 4.33. The van der Waals surface area contributed by atoms with E-state index in [4.69, 9.17) is 10.8 Å². The van der Waals surface area contributed by atoms with Crippen LogP contribution in [0.5, 0.6) is 0 Å². The van der Waals surface area contributed by atoms with E-state index in [-0.39, 0.29) is 17.5 Å². The van der Waals surface area contributed by atoms with Crippen LogP contribution in [0.1, 0.15) is 12.0 Å². The first-order valence-electron chi connectivity index (χ1n) is 7.93. The second-order valence-corrected chi connectivity index (χ2v) is 6.08. The third kappa shape index (κ3) is 3.11. The zero-order valence-corrected chi connectivity index (χ0v) is 13.9. The zero-order chi connectivity index (χ0) is 19.0. The van der Waals surface area contributed by atoms with Gasteiger partial charge in [0.15, 0.2) is 5.82 Å². The average molecular weight is 361 g/mol. The van der Waals surface area contributed by atoms with E-state index in [1.54, 1.807) is 24.3 Å². The molecule has 8 heteroatoms. The van der Waals surface area contributed by atoms with E-state index in [0.717, 1.165) is 17.7 Å². The number of carboxylic acids is 1. The smallest absolute Gasteiger partial charge is 0.333 e. The fourth-order valence-corrected chi connectivity index (χ4v) is 2.87. The maximum Gasteiger partial charge on any atom is 0.333 e. The second kappa shape index (κ2) is 6.72. The van der Waals surface area contributed by atoms with Crippen LogP contribution in [0, 0.1) is 11.6 Å². The quantitative estimate of drug-likeness (QED) is 0.727. The lowest BCUT2D eigenvalue weighted by molar-refractivity contribution is -0.138. The van der Waals surface area contributed by atoms with E-state index in [0.29, 0.717) is 12.1 Å². The molecule has 0 saturated carbocycles. The van der Waals surface area contributed by atoms with E-state index in [2.05, 4.69) is 0 Å². The molecule has 1 atom stereocenters. The summed E-state index contributed by atoms with van der Waals surface area (Å²) in [5, 5.41) is 8.80. The Hall–Kier alpha value is -3.00. The van der Waals surface area contributed by atoms with Gasteiger partial charge >= 0.3 is 11.7 Å². The van der Waals surface area contributed by atoms with Crippen LogP contribution in [0.2, 0.25) is 0 Å². The van der Waals surface area contributed by atoms with Crippen LogP contribution in [0.25, 0.3) is 16.7 Å². The summed E-state index contributed by atoms with van der Waals surface area (Å²) in [6.45, 7) is 0. The molecule has 0 unspecified atom stereocenters. The Balaban J connectivity index is 1.99. The molecule has 1 heterocycles. The summed E-state index contributed by atoms with van der Waals surface area (Å²) in [4.78, 5) is 23.2. The molecule has 26 heavy (non-hydrogen) atoms. The van der Waals surface area contributed by atoms with Gasteiger partial charge in [-0.15, -0.1) is 0 Å². The summed E-state index contributed by atoms with van der Waals surface area (Å²) >= 11 is 0. The highest BCUT2D eigenvalue weighted by Crippen LogP contribution is 2.22. The maximum absolute atomic E-state index is 14.3. The average Bonchev–Trinajstić information content (AvgIpc) is 2.85. The number of hydrogen-bond acceptors (Lipinski definition) is 3. The first-order valence-corrected chi connectivity index (χ1v) is 7.93. The van der Waals surface area contributed by atoms with Crippen molar-refractivity contribution in [3.05, 3.63) is 64.1 Å². The van der Waals surface area contributed by atoms with Gasteiger partial charge in [-0.2, -0.15) is 0 Å². The summed E-state index contributed by atoms with van der Waals surface area (Å²) in [5.41, 5.74) is 6.41. The largest absolute Gasteiger partial charge is 0.480 e. The van der Waals surface area contributed by atoms with Crippen molar-refractivity contribution in [1.82, 2.24) is 9.13 Å². The van der Waals surface area contributed by atoms with Gasteiger partial charge in [-0.3, -0.25) is 13.9 Å². The molecule has 0 bridgehead atoms. The number of carboxylic acid groups (broad SMARTS) is 1. The Bertz CT molecular complexity index is 1040. The number of aromatic nitrogens is 2. The van der Waals surface area contributed by atoms with Crippen LogP contribution in [-0.4, -0.2) is 26.3 Å². The molecule has 0 fully saturated rings. The SMILES string of the molecule is Cn1c(=O)n(-c2ccc(CC[C@H](N)C(=O)O)cc2)c2c(F)cc(F)cc21. The number of imidazole rings is 1. The normalized spacial score (nSPS) is 12.5. The predicted octanol–water partition coefficient (Wildman–Crippen LogP) is 1.95. The van der Waals surface area contributed by atoms with Crippen molar-refractivity contribution in [3.8, 4) is 5.69 Å². The van der Waals surface area contributed by atoms with Crippen molar-refractivity contribution in [3.63, 3.8) is 0 Å². The van der Waals surface area contributed by atoms with Gasteiger partial charge in [0.25, 0.3) is 0 Å². The second-order valence-electron chi connectivity index (χ2n) is 6.08. The monoisotopic (exact) mass is 361 g/mol. The molecule has 0 spiro atoms. The fourth-order valence-electron chi connectivity index (χ4n) is 2.87. The summed E-state index contributed by atoms with van der Waals surface area (Å²) in [5.74, 6) is -2.64. The Kier molecular flexibility index (Phi) is 4.60. The van der Waals surface area contributed by atoms with E-state index < -0.39 is 29.3 Å².